The first-order chi connectivity index (χ1) is 11.7. The number of hydrogen-bond acceptors (Lipinski definition) is 7. The van der Waals surface area contributed by atoms with Gasteiger partial charge < -0.3 is 24.5 Å². The Bertz CT molecular complexity index is 668. The van der Waals surface area contributed by atoms with E-state index in [1.165, 1.54) is 0 Å². The molecular formula is C17H23N3O4. The van der Waals surface area contributed by atoms with Crippen molar-refractivity contribution in [2.75, 3.05) is 27.4 Å². The number of benzene rings is 1. The van der Waals surface area contributed by atoms with E-state index < -0.39 is 0 Å². The van der Waals surface area contributed by atoms with Crippen LogP contribution < -0.4 is 15.2 Å². The van der Waals surface area contributed by atoms with Crippen LogP contribution in [0.15, 0.2) is 22.7 Å². The average molecular weight is 333 g/mol. The summed E-state index contributed by atoms with van der Waals surface area (Å²) in [5.41, 5.74) is 7.29. The number of rotatable bonds is 6. The van der Waals surface area contributed by atoms with Gasteiger partial charge in [0, 0.05) is 19.6 Å². The Balaban J connectivity index is 1.69. The predicted octanol–water partition coefficient (Wildman–Crippen LogP) is 2.10. The Morgan fingerprint density at radius 1 is 1.21 bits per heavy atom. The summed E-state index contributed by atoms with van der Waals surface area (Å²) in [5, 5.41) is 4.06. The highest BCUT2D eigenvalue weighted by atomic mass is 16.5. The van der Waals surface area contributed by atoms with Crippen molar-refractivity contribution in [3.05, 3.63) is 35.5 Å². The van der Waals surface area contributed by atoms with Crippen LogP contribution in [0.4, 0.5) is 0 Å². The first kappa shape index (κ1) is 16.7. The summed E-state index contributed by atoms with van der Waals surface area (Å²) in [5.74, 6) is 2.81. The summed E-state index contributed by atoms with van der Waals surface area (Å²) >= 11 is 0. The monoisotopic (exact) mass is 333 g/mol. The fraction of sp³-hybridized carbons (Fsp3) is 0.529. The molecule has 1 aromatic heterocycles. The minimum absolute atomic E-state index is 0.236. The summed E-state index contributed by atoms with van der Waals surface area (Å²) in [6.45, 7) is 1.48. The van der Waals surface area contributed by atoms with Crippen LogP contribution in [0.3, 0.4) is 0 Å². The van der Waals surface area contributed by atoms with Crippen molar-refractivity contribution >= 4 is 0 Å². The largest absolute Gasteiger partial charge is 0.493 e. The van der Waals surface area contributed by atoms with Crippen LogP contribution in [-0.2, 0) is 11.2 Å². The third-order valence-electron chi connectivity index (χ3n) is 4.35. The van der Waals surface area contributed by atoms with E-state index in [2.05, 4.69) is 10.1 Å². The Morgan fingerprint density at radius 2 is 1.96 bits per heavy atom. The van der Waals surface area contributed by atoms with Gasteiger partial charge in [-0.3, -0.25) is 0 Å². The Hall–Kier alpha value is -2.12. The first-order valence-corrected chi connectivity index (χ1v) is 8.08. The van der Waals surface area contributed by atoms with Crippen molar-refractivity contribution in [2.45, 2.75) is 25.3 Å². The molecule has 0 spiro atoms. The SMILES string of the molecule is COc1ccc(Cc2noc([C@H](N)C3CCOCC3)n2)cc1OC. The number of aromatic nitrogens is 2. The molecule has 0 aliphatic carbocycles. The Labute approximate surface area is 141 Å². The lowest BCUT2D eigenvalue weighted by atomic mass is 9.92. The molecule has 1 aliphatic heterocycles. The van der Waals surface area contributed by atoms with Gasteiger partial charge in [-0.25, -0.2) is 0 Å². The van der Waals surface area contributed by atoms with E-state index in [0.717, 1.165) is 31.6 Å². The van der Waals surface area contributed by atoms with Crippen LogP contribution in [0.1, 0.15) is 36.2 Å². The summed E-state index contributed by atoms with van der Waals surface area (Å²) in [6.07, 6.45) is 2.40. The molecule has 24 heavy (non-hydrogen) atoms. The van der Waals surface area contributed by atoms with Crippen LogP contribution in [0.25, 0.3) is 0 Å². The smallest absolute Gasteiger partial charge is 0.243 e. The van der Waals surface area contributed by atoms with E-state index in [4.69, 9.17) is 24.5 Å². The quantitative estimate of drug-likeness (QED) is 0.865. The fourth-order valence-corrected chi connectivity index (χ4v) is 2.92. The summed E-state index contributed by atoms with van der Waals surface area (Å²) in [7, 11) is 3.22. The number of nitrogens with zero attached hydrogens (tertiary/aromatic N) is 2. The molecule has 3 rings (SSSR count). The molecule has 1 fully saturated rings. The van der Waals surface area contributed by atoms with Gasteiger partial charge in [0.25, 0.3) is 0 Å². The molecule has 1 aliphatic rings. The molecule has 2 aromatic rings. The van der Waals surface area contributed by atoms with E-state index in [1.807, 2.05) is 18.2 Å². The van der Waals surface area contributed by atoms with E-state index in [9.17, 15) is 0 Å². The maximum absolute atomic E-state index is 6.27. The van der Waals surface area contributed by atoms with Crippen molar-refractivity contribution in [2.24, 2.45) is 11.7 Å². The zero-order chi connectivity index (χ0) is 16.9. The van der Waals surface area contributed by atoms with E-state index in [-0.39, 0.29) is 6.04 Å². The molecule has 7 nitrogen and oxygen atoms in total. The molecule has 1 atom stereocenters. The third kappa shape index (κ3) is 3.68. The van der Waals surface area contributed by atoms with Gasteiger partial charge in [0.1, 0.15) is 0 Å². The second kappa shape index (κ2) is 7.63. The normalized spacial score (nSPS) is 16.8. The Kier molecular flexibility index (Phi) is 5.32. The number of ether oxygens (including phenoxy) is 3. The lowest BCUT2D eigenvalue weighted by Gasteiger charge is -2.25. The van der Waals surface area contributed by atoms with Gasteiger partial charge in [-0.1, -0.05) is 11.2 Å². The van der Waals surface area contributed by atoms with Crippen molar-refractivity contribution < 1.29 is 18.7 Å². The fourth-order valence-electron chi connectivity index (χ4n) is 2.92. The van der Waals surface area contributed by atoms with Gasteiger partial charge in [-0.15, -0.1) is 0 Å². The van der Waals surface area contributed by atoms with Gasteiger partial charge in [-0.2, -0.15) is 4.98 Å². The van der Waals surface area contributed by atoms with Crippen LogP contribution in [0.2, 0.25) is 0 Å². The highest BCUT2D eigenvalue weighted by Gasteiger charge is 2.26. The molecule has 130 valence electrons. The van der Waals surface area contributed by atoms with Gasteiger partial charge >= 0.3 is 0 Å². The van der Waals surface area contributed by atoms with Crippen LogP contribution in [0.5, 0.6) is 11.5 Å². The summed E-state index contributed by atoms with van der Waals surface area (Å²) in [4.78, 5) is 4.46. The molecule has 2 heterocycles. The number of methoxy groups -OCH3 is 2. The van der Waals surface area contributed by atoms with Gasteiger partial charge in [0.05, 0.1) is 20.3 Å². The second-order valence-electron chi connectivity index (χ2n) is 5.89. The van der Waals surface area contributed by atoms with E-state index >= 15 is 0 Å². The molecule has 7 heteroatoms. The maximum atomic E-state index is 6.27. The summed E-state index contributed by atoms with van der Waals surface area (Å²) in [6, 6.07) is 5.49. The lowest BCUT2D eigenvalue weighted by Crippen LogP contribution is -2.27. The van der Waals surface area contributed by atoms with Crippen LogP contribution in [0, 0.1) is 5.92 Å². The molecule has 0 unspecified atom stereocenters. The zero-order valence-corrected chi connectivity index (χ0v) is 14.0. The molecule has 0 radical (unpaired) electrons. The molecular weight excluding hydrogens is 310 g/mol. The van der Waals surface area contributed by atoms with E-state index in [1.54, 1.807) is 14.2 Å². The summed E-state index contributed by atoms with van der Waals surface area (Å²) < 4.78 is 21.3. The van der Waals surface area contributed by atoms with E-state index in [0.29, 0.717) is 35.6 Å². The first-order valence-electron chi connectivity index (χ1n) is 8.08. The van der Waals surface area contributed by atoms with Crippen molar-refractivity contribution in [3.8, 4) is 11.5 Å². The minimum Gasteiger partial charge on any atom is -0.493 e. The topological polar surface area (TPSA) is 92.6 Å². The average Bonchev–Trinajstić information content (AvgIpc) is 3.10. The van der Waals surface area contributed by atoms with Gasteiger partial charge in [0.15, 0.2) is 17.3 Å². The van der Waals surface area contributed by atoms with Gasteiger partial charge in [0.2, 0.25) is 5.89 Å². The molecule has 2 N–H and O–H groups in total. The molecule has 1 aromatic carbocycles. The molecule has 0 amide bonds. The van der Waals surface area contributed by atoms with Gasteiger partial charge in [-0.05, 0) is 36.5 Å². The lowest BCUT2D eigenvalue weighted by molar-refractivity contribution is 0.0546. The molecule has 1 saturated heterocycles. The van der Waals surface area contributed by atoms with Crippen LogP contribution in [-0.4, -0.2) is 37.6 Å². The number of hydrogen-bond donors (Lipinski definition) is 1. The standard InChI is InChI=1S/C17H23N3O4/c1-21-13-4-3-11(9-14(13)22-2)10-15-19-17(24-20-15)16(18)12-5-7-23-8-6-12/h3-4,9,12,16H,5-8,10,18H2,1-2H3/t16-/m1/s1. The number of nitrogens with two attached hydrogens (primary N) is 1. The van der Waals surface area contributed by atoms with Crippen LogP contribution >= 0.6 is 0 Å². The maximum Gasteiger partial charge on any atom is 0.243 e. The molecule has 0 saturated carbocycles. The predicted molar refractivity (Wildman–Crippen MR) is 87.1 cm³/mol. The van der Waals surface area contributed by atoms with Crippen molar-refractivity contribution in [1.29, 1.82) is 0 Å². The van der Waals surface area contributed by atoms with Crippen molar-refractivity contribution in [3.63, 3.8) is 0 Å². The highest BCUT2D eigenvalue weighted by molar-refractivity contribution is 5.43. The minimum atomic E-state index is -0.236. The third-order valence-corrected chi connectivity index (χ3v) is 4.35. The van der Waals surface area contributed by atoms with Crippen molar-refractivity contribution in [1.82, 2.24) is 10.1 Å². The second-order valence-corrected chi connectivity index (χ2v) is 5.89. The highest BCUT2D eigenvalue weighted by Crippen LogP contribution is 2.29. The zero-order valence-electron chi connectivity index (χ0n) is 14.0. The Morgan fingerprint density at radius 3 is 2.67 bits per heavy atom. The molecule has 0 bridgehead atoms.